The first-order chi connectivity index (χ1) is 20.9. The van der Waals surface area contributed by atoms with Crippen molar-refractivity contribution in [3.05, 3.63) is 93.5 Å². The topological polar surface area (TPSA) is 100 Å². The number of hydrogen-bond donors (Lipinski definition) is 1. The maximum atomic E-state index is 14.2. The first-order valence-electron chi connectivity index (χ1n) is 14.4. The van der Waals surface area contributed by atoms with Gasteiger partial charge in [0.25, 0.3) is 0 Å². The second-order valence-corrected chi connectivity index (χ2v) is 13.4. The van der Waals surface area contributed by atoms with Gasteiger partial charge in [-0.25, -0.2) is 18.3 Å². The van der Waals surface area contributed by atoms with Crippen LogP contribution in [0.25, 0.3) is 0 Å². The molecule has 0 fully saturated rings. The molecule has 1 atom stereocenters. The number of esters is 1. The highest BCUT2D eigenvalue weighted by Crippen LogP contribution is 2.32. The minimum atomic E-state index is -0.767. The lowest BCUT2D eigenvalue weighted by molar-refractivity contribution is -0.127. The van der Waals surface area contributed by atoms with Crippen molar-refractivity contribution in [2.75, 3.05) is 0 Å². The summed E-state index contributed by atoms with van der Waals surface area (Å²) in [5, 5.41) is 11.4. The molecule has 0 aliphatic rings. The molecule has 0 spiro atoms. The van der Waals surface area contributed by atoms with Crippen molar-refractivity contribution in [3.63, 3.8) is 0 Å². The Kier molecular flexibility index (Phi) is 9.72. The Bertz CT molecular complexity index is 1720. The molecule has 0 saturated heterocycles. The van der Waals surface area contributed by atoms with E-state index >= 15 is 0 Å². The molecule has 0 aliphatic heterocycles. The summed E-state index contributed by atoms with van der Waals surface area (Å²) in [6.07, 6.45) is 1.70. The van der Waals surface area contributed by atoms with Crippen molar-refractivity contribution in [1.29, 1.82) is 0 Å². The van der Waals surface area contributed by atoms with E-state index in [-0.39, 0.29) is 29.0 Å². The van der Waals surface area contributed by atoms with Crippen LogP contribution in [0.1, 0.15) is 80.6 Å². The van der Waals surface area contributed by atoms with Gasteiger partial charge in [0.1, 0.15) is 40.5 Å². The van der Waals surface area contributed by atoms with Crippen molar-refractivity contribution < 1.29 is 27.8 Å². The molecule has 2 aromatic heterocycles. The first-order valence-corrected chi connectivity index (χ1v) is 14.8. The highest BCUT2D eigenvalue weighted by molar-refractivity contribution is 6.30. The molecule has 1 unspecified atom stereocenters. The third kappa shape index (κ3) is 8.27. The Morgan fingerprint density at radius 1 is 1.02 bits per heavy atom. The van der Waals surface area contributed by atoms with Gasteiger partial charge in [-0.15, -0.1) is 5.10 Å². The highest BCUT2D eigenvalue weighted by atomic mass is 35.5. The van der Waals surface area contributed by atoms with E-state index in [1.54, 1.807) is 12.3 Å². The van der Waals surface area contributed by atoms with E-state index in [0.29, 0.717) is 23.4 Å². The van der Waals surface area contributed by atoms with Crippen LogP contribution in [-0.2, 0) is 22.6 Å². The Morgan fingerprint density at radius 3 is 2.38 bits per heavy atom. The van der Waals surface area contributed by atoms with Crippen LogP contribution in [0.15, 0.2) is 48.7 Å². The van der Waals surface area contributed by atoms with Crippen molar-refractivity contribution in [3.8, 4) is 11.5 Å². The number of carbonyl (C=O) groups is 2. The number of aromatic nitrogens is 4. The summed E-state index contributed by atoms with van der Waals surface area (Å²) in [5.41, 5.74) is 1.82. The molecule has 240 valence electrons. The fraction of sp³-hybridized carbons (Fsp3) is 0.394. The van der Waals surface area contributed by atoms with Gasteiger partial charge < -0.3 is 19.4 Å². The molecule has 12 heteroatoms. The lowest BCUT2D eigenvalue weighted by Gasteiger charge is -2.29. The van der Waals surface area contributed by atoms with Crippen LogP contribution in [0.3, 0.4) is 0 Å². The van der Waals surface area contributed by atoms with Gasteiger partial charge in [0.15, 0.2) is 0 Å². The number of hydrogen-bond acceptors (Lipinski definition) is 6. The van der Waals surface area contributed by atoms with Gasteiger partial charge in [-0.3, -0.25) is 4.79 Å². The molecule has 9 nitrogen and oxygen atoms in total. The van der Waals surface area contributed by atoms with Crippen molar-refractivity contribution >= 4 is 23.5 Å². The van der Waals surface area contributed by atoms with Crippen molar-refractivity contribution in [2.24, 2.45) is 5.41 Å². The summed E-state index contributed by atoms with van der Waals surface area (Å²) >= 11 is 5.88. The SMILES string of the molecule is Cc1cc(C(=O)OC(C)(C)C)c(C)n1Cc1cn(C(C(=O)NCc2cc(F)ccc2Oc2ccc(F)c(Cl)c2)C(C)(C)C)nn1. The molecule has 2 aromatic carbocycles. The van der Waals surface area contributed by atoms with Gasteiger partial charge in [-0.1, -0.05) is 37.6 Å². The van der Waals surface area contributed by atoms with E-state index < -0.39 is 34.7 Å². The molecule has 1 N–H and O–H groups in total. The summed E-state index contributed by atoms with van der Waals surface area (Å²) in [6.45, 7) is 15.2. The van der Waals surface area contributed by atoms with Gasteiger partial charge in [0.2, 0.25) is 5.91 Å². The van der Waals surface area contributed by atoms with Crippen LogP contribution < -0.4 is 10.1 Å². The zero-order valence-electron chi connectivity index (χ0n) is 26.7. The van der Waals surface area contributed by atoms with E-state index in [9.17, 15) is 18.4 Å². The monoisotopic (exact) mass is 641 g/mol. The van der Waals surface area contributed by atoms with Gasteiger partial charge in [0.05, 0.1) is 23.3 Å². The maximum absolute atomic E-state index is 14.2. The van der Waals surface area contributed by atoms with Gasteiger partial charge in [0, 0.05) is 29.6 Å². The summed E-state index contributed by atoms with van der Waals surface area (Å²) in [7, 11) is 0. The van der Waals surface area contributed by atoms with Crippen LogP contribution in [0, 0.1) is 30.9 Å². The van der Waals surface area contributed by atoms with Crippen LogP contribution in [0.5, 0.6) is 11.5 Å². The molecule has 1 amide bonds. The zero-order valence-corrected chi connectivity index (χ0v) is 27.4. The van der Waals surface area contributed by atoms with Gasteiger partial charge in [-0.05, 0) is 76.4 Å². The zero-order chi connectivity index (χ0) is 33.3. The summed E-state index contributed by atoms with van der Waals surface area (Å²) in [6, 6.07) is 8.82. The number of halogens is 3. The Hall–Kier alpha value is -4.25. The fourth-order valence-corrected chi connectivity index (χ4v) is 5.07. The van der Waals surface area contributed by atoms with Crippen molar-refractivity contribution in [2.45, 2.75) is 80.1 Å². The Balaban J connectivity index is 1.52. The number of ether oxygens (including phenoxy) is 2. The fourth-order valence-electron chi connectivity index (χ4n) is 4.90. The van der Waals surface area contributed by atoms with E-state index in [2.05, 4.69) is 15.6 Å². The average molecular weight is 642 g/mol. The van der Waals surface area contributed by atoms with Crippen LogP contribution in [0.4, 0.5) is 8.78 Å². The Morgan fingerprint density at radius 2 is 1.73 bits per heavy atom. The largest absolute Gasteiger partial charge is 0.457 e. The van der Waals surface area contributed by atoms with Crippen molar-refractivity contribution in [1.82, 2.24) is 24.9 Å². The van der Waals surface area contributed by atoms with E-state index in [4.69, 9.17) is 21.1 Å². The summed E-state index contributed by atoms with van der Waals surface area (Å²) < 4.78 is 42.7. The average Bonchev–Trinajstić information content (AvgIpc) is 3.48. The minimum Gasteiger partial charge on any atom is -0.457 e. The van der Waals surface area contributed by atoms with Crippen LogP contribution >= 0.6 is 11.6 Å². The molecule has 45 heavy (non-hydrogen) atoms. The molecule has 2 heterocycles. The number of amides is 1. The third-order valence-electron chi connectivity index (χ3n) is 7.00. The molecular formula is C33H38ClF2N5O4. The van der Waals surface area contributed by atoms with E-state index in [1.165, 1.54) is 41.1 Å². The number of benzene rings is 2. The number of nitrogens with zero attached hydrogens (tertiary/aromatic N) is 4. The minimum absolute atomic E-state index is 0.0514. The second kappa shape index (κ2) is 13.0. The number of nitrogens with one attached hydrogen (secondary N) is 1. The smallest absolute Gasteiger partial charge is 0.340 e. The molecule has 0 radical (unpaired) electrons. The normalized spacial score (nSPS) is 12.6. The number of aryl methyl sites for hydroxylation is 1. The second-order valence-electron chi connectivity index (χ2n) is 13.0. The maximum Gasteiger partial charge on any atom is 0.340 e. The summed E-state index contributed by atoms with van der Waals surface area (Å²) in [4.78, 5) is 26.4. The predicted molar refractivity (Wildman–Crippen MR) is 166 cm³/mol. The van der Waals surface area contributed by atoms with Crippen LogP contribution in [0.2, 0.25) is 5.02 Å². The van der Waals surface area contributed by atoms with E-state index in [1.807, 2.05) is 60.0 Å². The number of carbonyl (C=O) groups excluding carboxylic acids is 2. The first kappa shape index (κ1) is 33.6. The Labute approximate surface area is 266 Å². The summed E-state index contributed by atoms with van der Waals surface area (Å²) in [5.74, 6) is -1.33. The molecule has 4 aromatic rings. The lowest BCUT2D eigenvalue weighted by atomic mass is 9.86. The highest BCUT2D eigenvalue weighted by Gasteiger charge is 2.34. The third-order valence-corrected chi connectivity index (χ3v) is 7.29. The molecule has 0 bridgehead atoms. The van der Waals surface area contributed by atoms with Gasteiger partial charge in [-0.2, -0.15) is 0 Å². The van der Waals surface area contributed by atoms with E-state index in [0.717, 1.165) is 11.4 Å². The molecular weight excluding hydrogens is 604 g/mol. The number of rotatable bonds is 9. The molecule has 4 rings (SSSR count). The molecule has 0 aliphatic carbocycles. The van der Waals surface area contributed by atoms with Crippen LogP contribution in [-0.4, -0.2) is 37.0 Å². The standard InChI is InChI=1S/C33H38ClF2N5O4/c1-19-13-25(31(43)45-33(6,7)8)20(2)40(19)17-23-18-41(39-38-23)29(32(3,4)5)30(42)37-16-21-14-22(35)9-12-28(21)44-24-10-11-27(36)26(34)15-24/h9-15,18,29H,16-17H2,1-8H3,(H,37,42). The quantitative estimate of drug-likeness (QED) is 0.192. The molecule has 0 saturated carbocycles. The predicted octanol–water partition coefficient (Wildman–Crippen LogP) is 7.33. The van der Waals surface area contributed by atoms with Gasteiger partial charge >= 0.3 is 5.97 Å². The lowest BCUT2D eigenvalue weighted by Crippen LogP contribution is -2.39.